The van der Waals surface area contributed by atoms with Crippen LogP contribution in [0.25, 0.3) is 17.2 Å². The molecule has 1 unspecified atom stereocenters. The monoisotopic (exact) mass is 272 g/mol. The predicted octanol–water partition coefficient (Wildman–Crippen LogP) is 4.83. The zero-order chi connectivity index (χ0) is 14.3. The molecule has 1 aliphatic rings. The molecule has 0 saturated heterocycles. The molecule has 2 aromatic rings. The Morgan fingerprint density at radius 3 is 2.30 bits per heavy atom. The van der Waals surface area contributed by atoms with Crippen molar-refractivity contribution >= 4 is 31.7 Å². The van der Waals surface area contributed by atoms with Gasteiger partial charge in [0.05, 0.1) is 0 Å². The maximum absolute atomic E-state index is 2.41. The van der Waals surface area contributed by atoms with Crippen molar-refractivity contribution in [2.24, 2.45) is 0 Å². The SMILES string of the molecule is [Li][C]1(P(C)C)C(C)=Cc2c(-c3ccccc3)cccc21. The molecule has 0 fully saturated rings. The van der Waals surface area contributed by atoms with E-state index in [4.69, 9.17) is 0 Å². The van der Waals surface area contributed by atoms with Crippen molar-refractivity contribution in [2.45, 2.75) is 10.8 Å². The molecule has 0 heterocycles. The molecule has 0 radical (unpaired) electrons. The van der Waals surface area contributed by atoms with E-state index >= 15 is 0 Å². The van der Waals surface area contributed by atoms with E-state index in [1.165, 1.54) is 27.8 Å². The number of allylic oxidation sites excluding steroid dienone is 1. The maximum atomic E-state index is 2.41. The second kappa shape index (κ2) is 5.20. The first-order chi connectivity index (χ1) is 9.55. The van der Waals surface area contributed by atoms with Crippen molar-refractivity contribution in [2.75, 3.05) is 13.3 Å². The molecule has 0 spiro atoms. The standard InChI is InChI=1S/C18H18P.Li/c1-13-12-17-15(14-8-5-4-6-9-14)10-7-11-16(17)18(13)19(2)3;/h4-12H,1-3H3;. The second-order valence-corrected chi connectivity index (χ2v) is 8.61. The van der Waals surface area contributed by atoms with Crippen LogP contribution in [0.4, 0.5) is 0 Å². The van der Waals surface area contributed by atoms with Crippen molar-refractivity contribution in [3.05, 3.63) is 65.2 Å². The third kappa shape index (κ3) is 2.03. The van der Waals surface area contributed by atoms with Crippen LogP contribution in [-0.4, -0.2) is 31.0 Å². The Hall–Kier alpha value is -0.793. The fourth-order valence-corrected chi connectivity index (χ4v) is 4.62. The summed E-state index contributed by atoms with van der Waals surface area (Å²) in [4.78, 5) is 0. The van der Waals surface area contributed by atoms with E-state index < -0.39 is 0 Å². The quantitative estimate of drug-likeness (QED) is 0.542. The third-order valence-electron chi connectivity index (χ3n) is 4.74. The summed E-state index contributed by atoms with van der Waals surface area (Å²) in [5.74, 6) is 0. The van der Waals surface area contributed by atoms with E-state index in [1.54, 1.807) is 0 Å². The van der Waals surface area contributed by atoms with Gasteiger partial charge in [0.2, 0.25) is 0 Å². The van der Waals surface area contributed by atoms with Crippen LogP contribution in [0.5, 0.6) is 0 Å². The molecule has 0 bridgehead atoms. The van der Waals surface area contributed by atoms with E-state index in [1.807, 2.05) is 0 Å². The average molecular weight is 272 g/mol. The summed E-state index contributed by atoms with van der Waals surface area (Å²) in [7, 11) is -0.0592. The van der Waals surface area contributed by atoms with Gasteiger partial charge in [0.1, 0.15) is 0 Å². The molecule has 96 valence electrons. The number of benzene rings is 2. The molecule has 0 saturated carbocycles. The van der Waals surface area contributed by atoms with Crippen molar-refractivity contribution in [3.8, 4) is 11.1 Å². The Labute approximate surface area is 132 Å². The summed E-state index contributed by atoms with van der Waals surface area (Å²) in [5.41, 5.74) is 7.12. The van der Waals surface area contributed by atoms with Crippen LogP contribution < -0.4 is 0 Å². The van der Waals surface area contributed by atoms with Crippen molar-refractivity contribution in [1.29, 1.82) is 0 Å². The summed E-state index contributed by atoms with van der Waals surface area (Å²) in [6, 6.07) is 17.5. The topological polar surface area (TPSA) is 0 Å². The van der Waals surface area contributed by atoms with E-state index in [0.29, 0.717) is 0 Å². The van der Waals surface area contributed by atoms with Crippen LogP contribution in [0, 0.1) is 0 Å². The normalized spacial score (nSPS) is 21.0. The molecular formula is C18H18LiP. The van der Waals surface area contributed by atoms with Crippen LogP contribution in [0.3, 0.4) is 0 Å². The van der Waals surface area contributed by atoms with Gasteiger partial charge in [0, 0.05) is 0 Å². The van der Waals surface area contributed by atoms with Crippen LogP contribution in [-0.2, 0) is 3.83 Å². The molecular weight excluding hydrogens is 254 g/mol. The van der Waals surface area contributed by atoms with E-state index in [0.717, 1.165) is 0 Å². The van der Waals surface area contributed by atoms with Crippen molar-refractivity contribution < 1.29 is 0 Å². The fraction of sp³-hybridized carbons (Fsp3) is 0.222. The van der Waals surface area contributed by atoms with Gasteiger partial charge in [-0.05, 0) is 0 Å². The van der Waals surface area contributed by atoms with Gasteiger partial charge in [-0.2, -0.15) is 0 Å². The van der Waals surface area contributed by atoms with E-state index in [9.17, 15) is 0 Å². The molecule has 0 N–H and O–H groups in total. The number of hydrogen-bond donors (Lipinski definition) is 0. The molecule has 1 aliphatic carbocycles. The molecule has 0 amide bonds. The van der Waals surface area contributed by atoms with Gasteiger partial charge >= 0.3 is 132 Å². The fourth-order valence-electron chi connectivity index (χ4n) is 3.18. The first-order valence-electron chi connectivity index (χ1n) is 7.10. The zero-order valence-electron chi connectivity index (χ0n) is 12.6. The Morgan fingerprint density at radius 2 is 1.65 bits per heavy atom. The Morgan fingerprint density at radius 1 is 0.950 bits per heavy atom. The van der Waals surface area contributed by atoms with Gasteiger partial charge in [0.25, 0.3) is 0 Å². The van der Waals surface area contributed by atoms with Crippen LogP contribution in [0.1, 0.15) is 18.1 Å². The molecule has 2 heteroatoms. The van der Waals surface area contributed by atoms with E-state index in [-0.39, 0.29) is 11.8 Å². The first-order valence-corrected chi connectivity index (χ1v) is 9.34. The number of fused-ring (bicyclic) bond motifs is 1. The van der Waals surface area contributed by atoms with Gasteiger partial charge in [-0.15, -0.1) is 0 Å². The first kappa shape index (κ1) is 14.2. The molecule has 3 rings (SSSR count). The molecule has 0 aliphatic heterocycles. The van der Waals surface area contributed by atoms with Crippen molar-refractivity contribution in [1.82, 2.24) is 0 Å². The Kier molecular flexibility index (Phi) is 3.68. The van der Waals surface area contributed by atoms with Gasteiger partial charge in [-0.3, -0.25) is 0 Å². The second-order valence-electron chi connectivity index (χ2n) is 5.93. The zero-order valence-corrected chi connectivity index (χ0v) is 13.5. The average Bonchev–Trinajstić information content (AvgIpc) is 2.73. The Bertz CT molecular complexity index is 673. The van der Waals surface area contributed by atoms with Crippen LogP contribution in [0.15, 0.2) is 54.1 Å². The number of rotatable bonds is 2. The van der Waals surface area contributed by atoms with Gasteiger partial charge in [-0.25, -0.2) is 0 Å². The molecule has 1 atom stereocenters. The molecule has 20 heavy (non-hydrogen) atoms. The predicted molar refractivity (Wildman–Crippen MR) is 91.7 cm³/mol. The minimum absolute atomic E-state index is 0.0592. The minimum atomic E-state index is -0.0592. The summed E-state index contributed by atoms with van der Waals surface area (Å²) in [6.45, 7) is 7.06. The summed E-state index contributed by atoms with van der Waals surface area (Å²) >= 11 is 2.41. The van der Waals surface area contributed by atoms with Crippen molar-refractivity contribution in [3.63, 3.8) is 0 Å². The summed E-state index contributed by atoms with van der Waals surface area (Å²) in [6.07, 6.45) is 2.40. The number of hydrogen-bond acceptors (Lipinski definition) is 0. The Balaban J connectivity index is 2.24. The summed E-state index contributed by atoms with van der Waals surface area (Å²) < 4.78 is 0.232. The van der Waals surface area contributed by atoms with Gasteiger partial charge in [-0.1, -0.05) is 0 Å². The van der Waals surface area contributed by atoms with Crippen LogP contribution >= 0.6 is 7.92 Å². The molecule has 0 nitrogen and oxygen atoms in total. The molecule has 2 aromatic carbocycles. The van der Waals surface area contributed by atoms with Crippen LogP contribution in [0.2, 0.25) is 0 Å². The van der Waals surface area contributed by atoms with Gasteiger partial charge in [0.15, 0.2) is 0 Å². The molecule has 0 aromatic heterocycles. The summed E-state index contributed by atoms with van der Waals surface area (Å²) in [5, 5.41) is 0. The van der Waals surface area contributed by atoms with Gasteiger partial charge < -0.3 is 0 Å². The van der Waals surface area contributed by atoms with E-state index in [2.05, 4.69) is 92.6 Å². The third-order valence-corrected chi connectivity index (χ3v) is 7.12.